The lowest BCUT2D eigenvalue weighted by molar-refractivity contribution is -0.121. The highest BCUT2D eigenvalue weighted by molar-refractivity contribution is 5.76. The molecule has 2 atom stereocenters. The smallest absolute Gasteiger partial charge is 0.220 e. The van der Waals surface area contributed by atoms with Gasteiger partial charge in [-0.3, -0.25) is 4.79 Å². The summed E-state index contributed by atoms with van der Waals surface area (Å²) in [6.07, 6.45) is 3.21. The van der Waals surface area contributed by atoms with E-state index < -0.39 is 0 Å². The largest absolute Gasteiger partial charge is 0.353 e. The summed E-state index contributed by atoms with van der Waals surface area (Å²) in [6.45, 7) is 4.01. The third kappa shape index (κ3) is 6.40. The predicted octanol–water partition coefficient (Wildman–Crippen LogP) is 2.25. The molecule has 0 aliphatic heterocycles. The zero-order valence-electron chi connectivity index (χ0n) is 11.4. The van der Waals surface area contributed by atoms with E-state index in [1.807, 2.05) is 32.0 Å². The van der Waals surface area contributed by atoms with Crippen LogP contribution in [-0.4, -0.2) is 18.0 Å². The van der Waals surface area contributed by atoms with E-state index in [4.69, 9.17) is 5.73 Å². The van der Waals surface area contributed by atoms with Crippen molar-refractivity contribution in [3.63, 3.8) is 0 Å². The van der Waals surface area contributed by atoms with Crippen molar-refractivity contribution in [3.05, 3.63) is 35.9 Å². The molecule has 1 aromatic carbocycles. The predicted molar refractivity (Wildman–Crippen MR) is 75.3 cm³/mol. The van der Waals surface area contributed by atoms with Gasteiger partial charge in [0.05, 0.1) is 0 Å². The molecule has 0 fully saturated rings. The molecule has 3 heteroatoms. The normalized spacial score (nSPS) is 13.9. The average molecular weight is 248 g/mol. The van der Waals surface area contributed by atoms with Gasteiger partial charge in [0.15, 0.2) is 0 Å². The molecule has 0 radical (unpaired) electrons. The number of nitrogens with two attached hydrogens (primary N) is 1. The minimum absolute atomic E-state index is 0.124. The molecular formula is C15H24N2O. The molecule has 1 amide bonds. The Bertz CT molecular complexity index is 349. The summed E-state index contributed by atoms with van der Waals surface area (Å²) < 4.78 is 0. The fourth-order valence-corrected chi connectivity index (χ4v) is 1.95. The monoisotopic (exact) mass is 248 g/mol. The molecule has 0 aliphatic rings. The molecule has 2 unspecified atom stereocenters. The highest BCUT2D eigenvalue weighted by atomic mass is 16.1. The first-order valence-corrected chi connectivity index (χ1v) is 6.67. The second-order valence-corrected chi connectivity index (χ2v) is 5.03. The van der Waals surface area contributed by atoms with Gasteiger partial charge in [-0.05, 0) is 38.7 Å². The molecule has 0 aromatic heterocycles. The maximum atomic E-state index is 11.7. The summed E-state index contributed by atoms with van der Waals surface area (Å²) in [7, 11) is 0. The zero-order chi connectivity index (χ0) is 13.4. The summed E-state index contributed by atoms with van der Waals surface area (Å²) in [6, 6.07) is 10.6. The van der Waals surface area contributed by atoms with Crippen LogP contribution < -0.4 is 11.1 Å². The average Bonchev–Trinajstić information content (AvgIpc) is 2.29. The van der Waals surface area contributed by atoms with Crippen molar-refractivity contribution in [2.45, 2.75) is 51.6 Å². The van der Waals surface area contributed by atoms with E-state index >= 15 is 0 Å². The van der Waals surface area contributed by atoms with Gasteiger partial charge in [-0.2, -0.15) is 0 Å². The number of nitrogens with one attached hydrogen (secondary N) is 1. The third-order valence-electron chi connectivity index (χ3n) is 2.86. The number of hydrogen-bond acceptors (Lipinski definition) is 2. The Kier molecular flexibility index (Phi) is 6.44. The van der Waals surface area contributed by atoms with Gasteiger partial charge in [0.2, 0.25) is 5.91 Å². The minimum Gasteiger partial charge on any atom is -0.353 e. The Balaban J connectivity index is 2.23. The molecule has 0 saturated heterocycles. The van der Waals surface area contributed by atoms with Crippen molar-refractivity contribution in [2.75, 3.05) is 0 Å². The molecule has 0 aliphatic carbocycles. The number of rotatable bonds is 7. The molecule has 3 N–H and O–H groups in total. The maximum absolute atomic E-state index is 11.7. The molecule has 18 heavy (non-hydrogen) atoms. The second-order valence-electron chi connectivity index (χ2n) is 5.03. The molecule has 0 heterocycles. The van der Waals surface area contributed by atoms with Crippen LogP contribution in [0.2, 0.25) is 0 Å². The Morgan fingerprint density at radius 1 is 1.28 bits per heavy atom. The van der Waals surface area contributed by atoms with E-state index in [0.29, 0.717) is 6.42 Å². The molecule has 3 nitrogen and oxygen atoms in total. The van der Waals surface area contributed by atoms with Crippen molar-refractivity contribution >= 4 is 5.91 Å². The van der Waals surface area contributed by atoms with Crippen molar-refractivity contribution in [1.29, 1.82) is 0 Å². The van der Waals surface area contributed by atoms with Crippen LogP contribution in [0.4, 0.5) is 0 Å². The molecular weight excluding hydrogens is 224 g/mol. The number of benzene rings is 1. The van der Waals surface area contributed by atoms with Crippen LogP contribution in [0.15, 0.2) is 30.3 Å². The fraction of sp³-hybridized carbons (Fsp3) is 0.533. The molecule has 1 rings (SSSR count). The summed E-state index contributed by atoms with van der Waals surface area (Å²) in [4.78, 5) is 11.7. The van der Waals surface area contributed by atoms with Crippen LogP contribution in [0.3, 0.4) is 0 Å². The molecule has 100 valence electrons. The van der Waals surface area contributed by atoms with Gasteiger partial charge in [-0.25, -0.2) is 0 Å². The Morgan fingerprint density at radius 3 is 2.56 bits per heavy atom. The van der Waals surface area contributed by atoms with Gasteiger partial charge in [-0.1, -0.05) is 30.3 Å². The van der Waals surface area contributed by atoms with Crippen LogP contribution >= 0.6 is 0 Å². The molecule has 0 saturated carbocycles. The Labute approximate surface area is 110 Å². The fourth-order valence-electron chi connectivity index (χ4n) is 1.95. The Morgan fingerprint density at radius 2 is 1.94 bits per heavy atom. The van der Waals surface area contributed by atoms with Gasteiger partial charge in [0.25, 0.3) is 0 Å². The van der Waals surface area contributed by atoms with Gasteiger partial charge in [0.1, 0.15) is 0 Å². The van der Waals surface area contributed by atoms with E-state index in [1.165, 1.54) is 5.56 Å². The quantitative estimate of drug-likeness (QED) is 0.777. The first-order valence-electron chi connectivity index (χ1n) is 6.67. The van der Waals surface area contributed by atoms with Crippen molar-refractivity contribution < 1.29 is 4.79 Å². The minimum atomic E-state index is 0.124. The Hall–Kier alpha value is -1.35. The van der Waals surface area contributed by atoms with Crippen molar-refractivity contribution in [3.8, 4) is 0 Å². The third-order valence-corrected chi connectivity index (χ3v) is 2.86. The maximum Gasteiger partial charge on any atom is 0.220 e. The van der Waals surface area contributed by atoms with Crippen LogP contribution in [0.25, 0.3) is 0 Å². The van der Waals surface area contributed by atoms with E-state index in [0.717, 1.165) is 19.3 Å². The summed E-state index contributed by atoms with van der Waals surface area (Å²) in [5, 5.41) is 3.02. The lowest BCUT2D eigenvalue weighted by Gasteiger charge is -2.14. The topological polar surface area (TPSA) is 55.1 Å². The number of carbonyl (C=O) groups excluding carboxylic acids is 1. The second kappa shape index (κ2) is 7.88. The van der Waals surface area contributed by atoms with Gasteiger partial charge < -0.3 is 11.1 Å². The first kappa shape index (κ1) is 14.7. The highest BCUT2D eigenvalue weighted by Gasteiger charge is 2.08. The summed E-state index contributed by atoms with van der Waals surface area (Å²) >= 11 is 0. The van der Waals surface area contributed by atoms with Gasteiger partial charge >= 0.3 is 0 Å². The number of amides is 1. The molecule has 0 bridgehead atoms. The zero-order valence-corrected chi connectivity index (χ0v) is 11.4. The summed E-state index contributed by atoms with van der Waals surface area (Å²) in [5.41, 5.74) is 6.90. The van der Waals surface area contributed by atoms with Crippen LogP contribution in [0.1, 0.15) is 38.7 Å². The van der Waals surface area contributed by atoms with E-state index in [-0.39, 0.29) is 18.0 Å². The van der Waals surface area contributed by atoms with E-state index in [9.17, 15) is 4.79 Å². The van der Waals surface area contributed by atoms with Gasteiger partial charge in [-0.15, -0.1) is 0 Å². The lowest BCUT2D eigenvalue weighted by atomic mass is 10.1. The lowest BCUT2D eigenvalue weighted by Crippen LogP contribution is -2.34. The van der Waals surface area contributed by atoms with Crippen molar-refractivity contribution in [2.24, 2.45) is 5.73 Å². The standard InChI is InChI=1S/C15H24N2O/c1-12(16)7-6-10-15(18)17-13(2)11-14-8-4-3-5-9-14/h3-5,8-9,12-13H,6-7,10-11,16H2,1-2H3,(H,17,18). The SMILES string of the molecule is CC(N)CCCC(=O)NC(C)Cc1ccccc1. The van der Waals surface area contributed by atoms with Crippen LogP contribution in [-0.2, 0) is 11.2 Å². The van der Waals surface area contributed by atoms with E-state index in [2.05, 4.69) is 17.4 Å². The van der Waals surface area contributed by atoms with Gasteiger partial charge in [0, 0.05) is 18.5 Å². The summed E-state index contributed by atoms with van der Waals surface area (Å²) in [5.74, 6) is 0.124. The number of hydrogen-bond donors (Lipinski definition) is 2. The molecule has 0 spiro atoms. The first-order chi connectivity index (χ1) is 8.58. The van der Waals surface area contributed by atoms with Crippen molar-refractivity contribution in [1.82, 2.24) is 5.32 Å². The molecule has 1 aromatic rings. The number of carbonyl (C=O) groups is 1. The van der Waals surface area contributed by atoms with Crippen LogP contribution in [0, 0.1) is 0 Å². The van der Waals surface area contributed by atoms with Crippen LogP contribution in [0.5, 0.6) is 0 Å². The van der Waals surface area contributed by atoms with E-state index in [1.54, 1.807) is 0 Å². The highest BCUT2D eigenvalue weighted by Crippen LogP contribution is 2.04.